The molecule has 2 heteroatoms. The van der Waals surface area contributed by atoms with Gasteiger partial charge >= 0.3 is 0 Å². The van der Waals surface area contributed by atoms with E-state index >= 15 is 0 Å². The number of aryl methyl sites for hydroxylation is 1. The van der Waals surface area contributed by atoms with E-state index in [9.17, 15) is 0 Å². The third kappa shape index (κ3) is 3.55. The molecule has 0 bridgehead atoms. The number of hydrogen-bond acceptors (Lipinski definition) is 2. The van der Waals surface area contributed by atoms with E-state index in [0.29, 0.717) is 12.1 Å². The molecule has 2 atom stereocenters. The van der Waals surface area contributed by atoms with Gasteiger partial charge in [0.05, 0.1) is 6.61 Å². The van der Waals surface area contributed by atoms with Crippen LogP contribution in [-0.2, 0) is 11.2 Å². The van der Waals surface area contributed by atoms with Crippen LogP contribution in [0.3, 0.4) is 0 Å². The molecule has 0 spiro atoms. The molecule has 1 heterocycles. The molecular weight excluding hydrogens is 210 g/mol. The Morgan fingerprint density at radius 3 is 2.71 bits per heavy atom. The van der Waals surface area contributed by atoms with Gasteiger partial charge in [-0.1, -0.05) is 31.2 Å². The summed E-state index contributed by atoms with van der Waals surface area (Å²) in [4.78, 5) is 0. The van der Waals surface area contributed by atoms with Crippen LogP contribution < -0.4 is 5.32 Å². The zero-order valence-corrected chi connectivity index (χ0v) is 10.9. The molecule has 2 rings (SSSR count). The third-order valence-corrected chi connectivity index (χ3v) is 3.53. The van der Waals surface area contributed by atoms with Gasteiger partial charge in [0.15, 0.2) is 0 Å². The topological polar surface area (TPSA) is 21.3 Å². The van der Waals surface area contributed by atoms with Crippen molar-refractivity contribution in [1.29, 1.82) is 0 Å². The van der Waals surface area contributed by atoms with Crippen molar-refractivity contribution in [3.8, 4) is 0 Å². The Balaban J connectivity index is 1.91. The number of rotatable bonds is 4. The van der Waals surface area contributed by atoms with Gasteiger partial charge in [-0.2, -0.15) is 0 Å². The Morgan fingerprint density at radius 2 is 2.12 bits per heavy atom. The first-order valence-electron chi connectivity index (χ1n) is 6.72. The van der Waals surface area contributed by atoms with Crippen LogP contribution in [0.5, 0.6) is 0 Å². The monoisotopic (exact) mass is 233 g/mol. The van der Waals surface area contributed by atoms with Crippen LogP contribution in [0.1, 0.15) is 43.9 Å². The summed E-state index contributed by atoms with van der Waals surface area (Å²) >= 11 is 0. The molecule has 94 valence electrons. The highest BCUT2D eigenvalue weighted by Crippen LogP contribution is 2.16. The molecule has 0 amide bonds. The van der Waals surface area contributed by atoms with Gasteiger partial charge in [0.25, 0.3) is 0 Å². The first kappa shape index (κ1) is 12.6. The first-order valence-corrected chi connectivity index (χ1v) is 6.72. The van der Waals surface area contributed by atoms with Crippen LogP contribution >= 0.6 is 0 Å². The lowest BCUT2D eigenvalue weighted by atomic mass is 10.0. The van der Waals surface area contributed by atoms with E-state index in [1.807, 2.05) is 0 Å². The van der Waals surface area contributed by atoms with E-state index in [2.05, 4.69) is 43.4 Å². The number of nitrogens with one attached hydrogen (secondary N) is 1. The molecule has 0 radical (unpaired) electrons. The van der Waals surface area contributed by atoms with Gasteiger partial charge in [-0.05, 0) is 37.3 Å². The van der Waals surface area contributed by atoms with Crippen molar-refractivity contribution in [2.24, 2.45) is 0 Å². The molecule has 1 aliphatic heterocycles. The third-order valence-electron chi connectivity index (χ3n) is 3.53. The molecular formula is C15H23NO. The molecule has 0 aromatic heterocycles. The number of hydrogen-bond donors (Lipinski definition) is 1. The zero-order chi connectivity index (χ0) is 12.1. The van der Waals surface area contributed by atoms with Crippen LogP contribution in [0.4, 0.5) is 0 Å². The maximum Gasteiger partial charge on any atom is 0.0619 e. The van der Waals surface area contributed by atoms with Crippen molar-refractivity contribution >= 4 is 0 Å². The maximum absolute atomic E-state index is 5.49. The fourth-order valence-corrected chi connectivity index (χ4v) is 2.36. The van der Waals surface area contributed by atoms with Crippen LogP contribution in [-0.4, -0.2) is 19.3 Å². The summed E-state index contributed by atoms with van der Waals surface area (Å²) in [6, 6.07) is 9.85. The molecule has 1 aliphatic rings. The van der Waals surface area contributed by atoms with Gasteiger partial charge in [0, 0.05) is 18.7 Å². The second-order valence-corrected chi connectivity index (χ2v) is 4.90. The van der Waals surface area contributed by atoms with E-state index < -0.39 is 0 Å². The van der Waals surface area contributed by atoms with E-state index in [1.54, 1.807) is 0 Å². The van der Waals surface area contributed by atoms with Gasteiger partial charge in [-0.15, -0.1) is 0 Å². The summed E-state index contributed by atoms with van der Waals surface area (Å²) in [5.74, 6) is 0. The average Bonchev–Trinajstić information content (AvgIpc) is 2.40. The largest absolute Gasteiger partial charge is 0.380 e. The SMILES string of the molecule is CCc1ccc([C@H](C)N[C@@H]2CCCOC2)cc1. The summed E-state index contributed by atoms with van der Waals surface area (Å²) in [6.45, 7) is 6.21. The quantitative estimate of drug-likeness (QED) is 0.863. The van der Waals surface area contributed by atoms with Crippen LogP contribution in [0.25, 0.3) is 0 Å². The Hall–Kier alpha value is -0.860. The van der Waals surface area contributed by atoms with E-state index in [0.717, 1.165) is 19.6 Å². The van der Waals surface area contributed by atoms with Crippen molar-refractivity contribution in [2.45, 2.75) is 45.2 Å². The van der Waals surface area contributed by atoms with E-state index in [-0.39, 0.29) is 0 Å². The molecule has 1 saturated heterocycles. The minimum atomic E-state index is 0.410. The van der Waals surface area contributed by atoms with Crippen molar-refractivity contribution in [1.82, 2.24) is 5.32 Å². The van der Waals surface area contributed by atoms with Crippen molar-refractivity contribution in [3.05, 3.63) is 35.4 Å². The molecule has 1 aromatic carbocycles. The maximum atomic E-state index is 5.49. The summed E-state index contributed by atoms with van der Waals surface area (Å²) < 4.78 is 5.49. The van der Waals surface area contributed by atoms with Gasteiger partial charge in [-0.3, -0.25) is 0 Å². The molecule has 0 aliphatic carbocycles. The van der Waals surface area contributed by atoms with E-state index in [4.69, 9.17) is 4.74 Å². The van der Waals surface area contributed by atoms with E-state index in [1.165, 1.54) is 24.0 Å². The number of benzene rings is 1. The van der Waals surface area contributed by atoms with Crippen LogP contribution in [0.2, 0.25) is 0 Å². The Morgan fingerprint density at radius 1 is 1.35 bits per heavy atom. The predicted molar refractivity (Wildman–Crippen MR) is 71.2 cm³/mol. The normalized spacial score (nSPS) is 22.4. The second kappa shape index (κ2) is 6.18. The van der Waals surface area contributed by atoms with Crippen LogP contribution in [0.15, 0.2) is 24.3 Å². The highest BCUT2D eigenvalue weighted by molar-refractivity contribution is 5.24. The fraction of sp³-hybridized carbons (Fsp3) is 0.600. The highest BCUT2D eigenvalue weighted by Gasteiger charge is 2.16. The van der Waals surface area contributed by atoms with Crippen molar-refractivity contribution in [2.75, 3.05) is 13.2 Å². The summed E-state index contributed by atoms with van der Waals surface area (Å²) in [5.41, 5.74) is 2.77. The van der Waals surface area contributed by atoms with Crippen molar-refractivity contribution in [3.63, 3.8) is 0 Å². The molecule has 1 aromatic rings. The lowest BCUT2D eigenvalue weighted by Crippen LogP contribution is -2.38. The molecule has 1 fully saturated rings. The lowest BCUT2D eigenvalue weighted by Gasteiger charge is -2.27. The fourth-order valence-electron chi connectivity index (χ4n) is 2.36. The van der Waals surface area contributed by atoms with Gasteiger partial charge in [-0.25, -0.2) is 0 Å². The standard InChI is InChI=1S/C15H23NO/c1-3-13-6-8-14(9-7-13)12(2)16-15-5-4-10-17-11-15/h6-9,12,15-16H,3-5,10-11H2,1-2H3/t12-,15+/m0/s1. The Labute approximate surface area is 104 Å². The average molecular weight is 233 g/mol. The minimum Gasteiger partial charge on any atom is -0.380 e. The summed E-state index contributed by atoms with van der Waals surface area (Å²) in [6.07, 6.45) is 3.52. The number of ether oxygens (including phenoxy) is 1. The molecule has 2 nitrogen and oxygen atoms in total. The van der Waals surface area contributed by atoms with Gasteiger partial charge < -0.3 is 10.1 Å². The summed E-state index contributed by atoms with van der Waals surface area (Å²) in [5, 5.41) is 3.65. The first-order chi connectivity index (χ1) is 8.29. The zero-order valence-electron chi connectivity index (χ0n) is 10.9. The minimum absolute atomic E-state index is 0.410. The molecule has 0 unspecified atom stereocenters. The Bertz CT molecular complexity index is 327. The molecule has 17 heavy (non-hydrogen) atoms. The smallest absolute Gasteiger partial charge is 0.0619 e. The predicted octanol–water partition coefficient (Wildman–Crippen LogP) is 3.08. The molecule has 0 saturated carbocycles. The van der Waals surface area contributed by atoms with Gasteiger partial charge in [0.1, 0.15) is 0 Å². The second-order valence-electron chi connectivity index (χ2n) is 4.90. The highest BCUT2D eigenvalue weighted by atomic mass is 16.5. The Kier molecular flexibility index (Phi) is 4.57. The summed E-state index contributed by atoms with van der Waals surface area (Å²) in [7, 11) is 0. The van der Waals surface area contributed by atoms with Crippen LogP contribution in [0, 0.1) is 0 Å². The van der Waals surface area contributed by atoms with Crippen molar-refractivity contribution < 1.29 is 4.74 Å². The molecule has 1 N–H and O–H groups in total. The lowest BCUT2D eigenvalue weighted by molar-refractivity contribution is 0.0671. The van der Waals surface area contributed by atoms with Gasteiger partial charge in [0.2, 0.25) is 0 Å².